The van der Waals surface area contributed by atoms with Crippen molar-refractivity contribution in [3.8, 4) is 0 Å². The van der Waals surface area contributed by atoms with Crippen LogP contribution < -0.4 is 5.32 Å². The number of carbonyl (C=O) groups excluding carboxylic acids is 1. The van der Waals surface area contributed by atoms with Crippen LogP contribution in [0.4, 0.5) is 5.69 Å². The molecule has 2 aromatic carbocycles. The van der Waals surface area contributed by atoms with Gasteiger partial charge in [-0.1, -0.05) is 15.9 Å². The molecule has 0 radical (unpaired) electrons. The normalized spacial score (nSPS) is 10.7. The largest absolute Gasteiger partial charge is 0.345 e. The van der Waals surface area contributed by atoms with Gasteiger partial charge in [0.25, 0.3) is 5.91 Å². The zero-order chi connectivity index (χ0) is 14.1. The van der Waals surface area contributed by atoms with E-state index in [1.54, 1.807) is 18.5 Å². The number of hydrogen-bond acceptors (Lipinski definition) is 2. The number of aryl methyl sites for hydroxylation is 1. The number of hydrogen-bond donors (Lipinski definition) is 2. The highest BCUT2D eigenvalue weighted by molar-refractivity contribution is 9.10. The number of anilines is 1. The lowest BCUT2D eigenvalue weighted by molar-refractivity contribution is 0.102. The Morgan fingerprint density at radius 1 is 1.25 bits per heavy atom. The molecule has 2 N–H and O–H groups in total. The van der Waals surface area contributed by atoms with E-state index in [4.69, 9.17) is 0 Å². The number of nitrogens with zero attached hydrogens (tertiary/aromatic N) is 1. The smallest absolute Gasteiger partial charge is 0.255 e. The summed E-state index contributed by atoms with van der Waals surface area (Å²) in [7, 11) is 0. The van der Waals surface area contributed by atoms with Crippen LogP contribution >= 0.6 is 15.9 Å². The van der Waals surface area contributed by atoms with Gasteiger partial charge in [-0.3, -0.25) is 4.79 Å². The summed E-state index contributed by atoms with van der Waals surface area (Å²) < 4.78 is 0.992. The molecule has 0 aliphatic heterocycles. The van der Waals surface area contributed by atoms with Crippen molar-refractivity contribution in [2.75, 3.05) is 5.32 Å². The minimum absolute atomic E-state index is 0.132. The van der Waals surface area contributed by atoms with Crippen LogP contribution in [0.5, 0.6) is 0 Å². The molecule has 1 heterocycles. The molecule has 4 nitrogen and oxygen atoms in total. The van der Waals surface area contributed by atoms with Crippen LogP contribution in [-0.4, -0.2) is 15.9 Å². The fourth-order valence-corrected chi connectivity index (χ4v) is 2.51. The number of carbonyl (C=O) groups is 1. The number of imidazole rings is 1. The first-order valence-corrected chi connectivity index (χ1v) is 6.93. The molecule has 1 amide bonds. The van der Waals surface area contributed by atoms with E-state index in [0.717, 1.165) is 26.8 Å². The molecule has 0 aliphatic carbocycles. The number of fused-ring (bicyclic) bond motifs is 1. The Morgan fingerprint density at radius 2 is 2.10 bits per heavy atom. The minimum atomic E-state index is -0.132. The summed E-state index contributed by atoms with van der Waals surface area (Å²) in [4.78, 5) is 19.4. The zero-order valence-electron chi connectivity index (χ0n) is 10.8. The van der Waals surface area contributed by atoms with Crippen molar-refractivity contribution in [2.45, 2.75) is 6.92 Å². The van der Waals surface area contributed by atoms with Gasteiger partial charge in [0.05, 0.1) is 17.4 Å². The maximum atomic E-state index is 12.3. The van der Waals surface area contributed by atoms with Crippen LogP contribution in [0.3, 0.4) is 0 Å². The van der Waals surface area contributed by atoms with E-state index in [2.05, 4.69) is 31.2 Å². The Hall–Kier alpha value is -2.14. The summed E-state index contributed by atoms with van der Waals surface area (Å²) in [6.45, 7) is 1.96. The van der Waals surface area contributed by atoms with Gasteiger partial charge in [-0.05, 0) is 48.9 Å². The number of H-pyrrole nitrogens is 1. The summed E-state index contributed by atoms with van der Waals surface area (Å²) >= 11 is 3.41. The van der Waals surface area contributed by atoms with Crippen molar-refractivity contribution in [1.29, 1.82) is 0 Å². The molecule has 0 atom stereocenters. The molecule has 0 fully saturated rings. The Morgan fingerprint density at radius 3 is 2.90 bits per heavy atom. The third-order valence-electron chi connectivity index (χ3n) is 3.12. The maximum absolute atomic E-state index is 12.3. The number of aromatic nitrogens is 2. The van der Waals surface area contributed by atoms with Gasteiger partial charge < -0.3 is 10.3 Å². The first-order valence-electron chi connectivity index (χ1n) is 6.14. The molecule has 3 rings (SSSR count). The van der Waals surface area contributed by atoms with Gasteiger partial charge >= 0.3 is 0 Å². The Labute approximate surface area is 124 Å². The highest BCUT2D eigenvalue weighted by Gasteiger charge is 2.09. The second-order valence-electron chi connectivity index (χ2n) is 4.55. The Bertz CT molecular complexity index is 795. The fraction of sp³-hybridized carbons (Fsp3) is 0.0667. The fourth-order valence-electron chi connectivity index (χ4n) is 2.04. The van der Waals surface area contributed by atoms with Crippen molar-refractivity contribution >= 4 is 38.6 Å². The zero-order valence-corrected chi connectivity index (χ0v) is 12.4. The molecule has 0 aliphatic rings. The van der Waals surface area contributed by atoms with Gasteiger partial charge in [-0.15, -0.1) is 0 Å². The molecule has 5 heteroatoms. The molecule has 1 aromatic heterocycles. The van der Waals surface area contributed by atoms with E-state index >= 15 is 0 Å². The van der Waals surface area contributed by atoms with E-state index < -0.39 is 0 Å². The lowest BCUT2D eigenvalue weighted by Crippen LogP contribution is -2.12. The van der Waals surface area contributed by atoms with E-state index in [0.29, 0.717) is 5.56 Å². The summed E-state index contributed by atoms with van der Waals surface area (Å²) in [6.07, 6.45) is 1.62. The quantitative estimate of drug-likeness (QED) is 0.749. The van der Waals surface area contributed by atoms with Crippen molar-refractivity contribution in [2.24, 2.45) is 0 Å². The number of benzene rings is 2. The van der Waals surface area contributed by atoms with Crippen LogP contribution in [0.25, 0.3) is 11.0 Å². The van der Waals surface area contributed by atoms with E-state index in [1.165, 1.54) is 0 Å². The van der Waals surface area contributed by atoms with Gasteiger partial charge in [0, 0.05) is 15.7 Å². The van der Waals surface area contributed by atoms with Crippen molar-refractivity contribution < 1.29 is 4.79 Å². The topological polar surface area (TPSA) is 57.8 Å². The predicted molar refractivity (Wildman–Crippen MR) is 82.9 cm³/mol. The molecule has 0 spiro atoms. The molecule has 0 saturated carbocycles. The third kappa shape index (κ3) is 2.44. The van der Waals surface area contributed by atoms with Crippen molar-refractivity contribution in [3.63, 3.8) is 0 Å². The van der Waals surface area contributed by atoms with Crippen LogP contribution in [0.1, 0.15) is 15.9 Å². The first-order chi connectivity index (χ1) is 9.63. The SMILES string of the molecule is Cc1cc(Br)ccc1NC(=O)c1ccc2nc[nH]c2c1. The summed E-state index contributed by atoms with van der Waals surface area (Å²) in [6, 6.07) is 11.1. The first kappa shape index (κ1) is 12.9. The highest BCUT2D eigenvalue weighted by atomic mass is 79.9. The van der Waals surface area contributed by atoms with Gasteiger partial charge in [0.2, 0.25) is 0 Å². The maximum Gasteiger partial charge on any atom is 0.255 e. The lowest BCUT2D eigenvalue weighted by Gasteiger charge is -2.08. The number of rotatable bonds is 2. The lowest BCUT2D eigenvalue weighted by atomic mass is 10.1. The molecule has 0 bridgehead atoms. The van der Waals surface area contributed by atoms with Crippen LogP contribution in [-0.2, 0) is 0 Å². The molecular formula is C15H12BrN3O. The molecular weight excluding hydrogens is 318 g/mol. The summed E-state index contributed by atoms with van der Waals surface area (Å²) in [5.74, 6) is -0.132. The summed E-state index contributed by atoms with van der Waals surface area (Å²) in [5, 5.41) is 2.92. The van der Waals surface area contributed by atoms with E-state index in [-0.39, 0.29) is 5.91 Å². The standard InChI is InChI=1S/C15H12BrN3O/c1-9-6-11(16)3-5-12(9)19-15(20)10-2-4-13-14(7-10)18-8-17-13/h2-8H,1H3,(H,17,18)(H,19,20). The number of nitrogens with one attached hydrogen (secondary N) is 2. The average Bonchev–Trinajstić information content (AvgIpc) is 2.89. The number of amides is 1. The van der Waals surface area contributed by atoms with Gasteiger partial charge in [-0.2, -0.15) is 0 Å². The Kier molecular flexibility index (Phi) is 3.28. The summed E-state index contributed by atoms with van der Waals surface area (Å²) in [5.41, 5.74) is 4.12. The van der Waals surface area contributed by atoms with Crippen LogP contribution in [0.15, 0.2) is 47.2 Å². The number of halogens is 1. The predicted octanol–water partition coefficient (Wildman–Crippen LogP) is 3.89. The monoisotopic (exact) mass is 329 g/mol. The minimum Gasteiger partial charge on any atom is -0.345 e. The molecule has 0 unspecified atom stereocenters. The van der Waals surface area contributed by atoms with Gasteiger partial charge in [-0.25, -0.2) is 4.98 Å². The van der Waals surface area contributed by atoms with E-state index in [9.17, 15) is 4.79 Å². The second kappa shape index (κ2) is 5.09. The average molecular weight is 330 g/mol. The van der Waals surface area contributed by atoms with Crippen LogP contribution in [0, 0.1) is 6.92 Å². The van der Waals surface area contributed by atoms with Crippen molar-refractivity contribution in [3.05, 3.63) is 58.3 Å². The molecule has 100 valence electrons. The highest BCUT2D eigenvalue weighted by Crippen LogP contribution is 2.21. The Balaban J connectivity index is 1.88. The third-order valence-corrected chi connectivity index (χ3v) is 3.61. The van der Waals surface area contributed by atoms with E-state index in [1.807, 2.05) is 31.2 Å². The molecule has 3 aromatic rings. The molecule has 20 heavy (non-hydrogen) atoms. The van der Waals surface area contributed by atoms with Gasteiger partial charge in [0.15, 0.2) is 0 Å². The van der Waals surface area contributed by atoms with Gasteiger partial charge in [0.1, 0.15) is 0 Å². The molecule has 0 saturated heterocycles. The number of aromatic amines is 1. The van der Waals surface area contributed by atoms with Crippen molar-refractivity contribution in [1.82, 2.24) is 9.97 Å². The van der Waals surface area contributed by atoms with Crippen LogP contribution in [0.2, 0.25) is 0 Å². The second-order valence-corrected chi connectivity index (χ2v) is 5.46.